The zero-order valence-electron chi connectivity index (χ0n) is 6.47. The molecule has 0 saturated heterocycles. The van der Waals surface area contributed by atoms with E-state index in [-0.39, 0.29) is 0 Å². The summed E-state index contributed by atoms with van der Waals surface area (Å²) in [6.45, 7) is 0. The second-order valence-electron chi connectivity index (χ2n) is 2.62. The molecule has 0 aliphatic carbocycles. The van der Waals surface area contributed by atoms with E-state index in [9.17, 15) is 0 Å². The molecule has 62 valence electrons. The Morgan fingerprint density at radius 1 is 1.15 bits per heavy atom. The van der Waals surface area contributed by atoms with E-state index >= 15 is 0 Å². The van der Waals surface area contributed by atoms with Crippen molar-refractivity contribution in [3.63, 3.8) is 0 Å². The van der Waals surface area contributed by atoms with Crippen LogP contribution in [-0.2, 0) is 0 Å². The largest absolute Gasteiger partial charge is 0.259 e. The second kappa shape index (κ2) is 2.19. The van der Waals surface area contributed by atoms with Crippen LogP contribution in [0.1, 0.15) is 0 Å². The molecule has 0 bridgehead atoms. The van der Waals surface area contributed by atoms with Crippen LogP contribution >= 0.6 is 0 Å². The van der Waals surface area contributed by atoms with Crippen LogP contribution in [0, 0.1) is 0 Å². The summed E-state index contributed by atoms with van der Waals surface area (Å²) in [7, 11) is 0. The minimum atomic E-state index is 0.513. The normalized spacial score (nSPS) is 12.9. The van der Waals surface area contributed by atoms with E-state index in [0.717, 1.165) is 16.6 Å². The predicted molar refractivity (Wildman–Crippen MR) is 45.5 cm³/mol. The summed E-state index contributed by atoms with van der Waals surface area (Å²) in [6, 6.07) is 5.64. The van der Waals surface area contributed by atoms with Gasteiger partial charge in [0.1, 0.15) is 5.52 Å². The van der Waals surface area contributed by atoms with Crippen molar-refractivity contribution < 1.29 is 0 Å². The Bertz CT molecular complexity index is 500. The van der Waals surface area contributed by atoms with E-state index in [4.69, 9.17) is 0 Å². The molecule has 13 heavy (non-hydrogen) atoms. The maximum Gasteiger partial charge on any atom is 0.211 e. The Morgan fingerprint density at radius 2 is 2.15 bits per heavy atom. The van der Waals surface area contributed by atoms with Crippen LogP contribution in [-0.4, -0.2) is 15.4 Å². The first-order valence-electron chi connectivity index (χ1n) is 3.74. The predicted octanol–water partition coefficient (Wildman–Crippen LogP) is 1.45. The van der Waals surface area contributed by atoms with Crippen LogP contribution in [0.5, 0.6) is 0 Å². The number of aromatic nitrogens is 3. The van der Waals surface area contributed by atoms with Crippen molar-refractivity contribution in [1.29, 1.82) is 0 Å². The van der Waals surface area contributed by atoms with Crippen molar-refractivity contribution in [2.75, 3.05) is 5.43 Å². The summed E-state index contributed by atoms with van der Waals surface area (Å²) in [5.74, 6) is 0.513. The van der Waals surface area contributed by atoms with E-state index < -0.39 is 0 Å². The highest BCUT2D eigenvalue weighted by Crippen LogP contribution is 2.31. The van der Waals surface area contributed by atoms with Crippen LogP contribution in [0.2, 0.25) is 0 Å². The number of hydrogen-bond acceptors (Lipinski definition) is 6. The minimum absolute atomic E-state index is 0.513. The average molecular weight is 172 g/mol. The Kier molecular flexibility index (Phi) is 1.08. The SMILES string of the molecule is c1cc2c3c(nnnc3c1)N=NN2. The first-order valence-corrected chi connectivity index (χ1v) is 3.74. The first-order chi connectivity index (χ1) is 6.45. The lowest BCUT2D eigenvalue weighted by Crippen LogP contribution is -1.97. The molecule has 6 heteroatoms. The van der Waals surface area contributed by atoms with Crippen LogP contribution in [0.15, 0.2) is 28.5 Å². The summed E-state index contributed by atoms with van der Waals surface area (Å²) < 4.78 is 0. The van der Waals surface area contributed by atoms with Gasteiger partial charge in [0.15, 0.2) is 0 Å². The number of nitrogens with zero attached hydrogens (tertiary/aromatic N) is 5. The quantitative estimate of drug-likeness (QED) is 0.652. The van der Waals surface area contributed by atoms with Gasteiger partial charge in [-0.2, -0.15) is 0 Å². The monoisotopic (exact) mass is 172 g/mol. The number of nitrogens with one attached hydrogen (secondary N) is 1. The summed E-state index contributed by atoms with van der Waals surface area (Å²) >= 11 is 0. The number of anilines is 1. The zero-order valence-corrected chi connectivity index (χ0v) is 6.47. The van der Waals surface area contributed by atoms with Gasteiger partial charge in [0, 0.05) is 0 Å². The van der Waals surface area contributed by atoms with Gasteiger partial charge in [-0.1, -0.05) is 11.3 Å². The summed E-state index contributed by atoms with van der Waals surface area (Å²) in [6.07, 6.45) is 0. The second-order valence-corrected chi connectivity index (χ2v) is 2.62. The molecular formula is C7H4N6. The fraction of sp³-hybridized carbons (Fsp3) is 0. The van der Waals surface area contributed by atoms with E-state index in [2.05, 4.69) is 31.2 Å². The molecule has 6 nitrogen and oxygen atoms in total. The van der Waals surface area contributed by atoms with Crippen molar-refractivity contribution in [1.82, 2.24) is 15.4 Å². The highest BCUT2D eigenvalue weighted by Gasteiger charge is 2.11. The topological polar surface area (TPSA) is 75.4 Å². The Hall–Kier alpha value is -2.11. The summed E-state index contributed by atoms with van der Waals surface area (Å²) in [4.78, 5) is 0. The van der Waals surface area contributed by atoms with E-state index in [1.54, 1.807) is 0 Å². The molecule has 0 saturated carbocycles. The Morgan fingerprint density at radius 3 is 3.15 bits per heavy atom. The molecule has 2 aromatic rings. The van der Waals surface area contributed by atoms with Gasteiger partial charge in [0.2, 0.25) is 5.82 Å². The highest BCUT2D eigenvalue weighted by molar-refractivity contribution is 5.98. The molecule has 0 radical (unpaired) electrons. The molecule has 0 unspecified atom stereocenters. The minimum Gasteiger partial charge on any atom is -0.259 e. The van der Waals surface area contributed by atoms with Crippen LogP contribution < -0.4 is 5.43 Å². The lowest BCUT2D eigenvalue weighted by molar-refractivity contribution is 0.878. The third-order valence-electron chi connectivity index (χ3n) is 1.87. The zero-order chi connectivity index (χ0) is 8.67. The average Bonchev–Trinajstić information content (AvgIpc) is 2.19. The van der Waals surface area contributed by atoms with Crippen molar-refractivity contribution in [2.24, 2.45) is 10.3 Å². The van der Waals surface area contributed by atoms with Crippen molar-refractivity contribution >= 4 is 22.4 Å². The van der Waals surface area contributed by atoms with E-state index in [1.165, 1.54) is 0 Å². The van der Waals surface area contributed by atoms with Crippen molar-refractivity contribution in [3.8, 4) is 0 Å². The maximum atomic E-state index is 3.88. The van der Waals surface area contributed by atoms with Gasteiger partial charge < -0.3 is 0 Å². The van der Waals surface area contributed by atoms with Gasteiger partial charge >= 0.3 is 0 Å². The molecule has 1 N–H and O–H groups in total. The summed E-state index contributed by atoms with van der Waals surface area (Å²) in [5.41, 5.74) is 4.42. The van der Waals surface area contributed by atoms with Gasteiger partial charge in [-0.05, 0) is 17.3 Å². The van der Waals surface area contributed by atoms with Gasteiger partial charge in [-0.15, -0.1) is 15.3 Å². The lowest BCUT2D eigenvalue weighted by Gasteiger charge is -2.08. The highest BCUT2D eigenvalue weighted by atomic mass is 15.5. The number of benzene rings is 1. The van der Waals surface area contributed by atoms with E-state index in [0.29, 0.717) is 5.82 Å². The number of rotatable bonds is 0. The lowest BCUT2D eigenvalue weighted by atomic mass is 10.2. The maximum absolute atomic E-state index is 3.88. The molecule has 0 fully saturated rings. The first kappa shape index (κ1) is 6.41. The fourth-order valence-electron chi connectivity index (χ4n) is 1.31. The third kappa shape index (κ3) is 0.792. The van der Waals surface area contributed by atoms with E-state index in [1.807, 2.05) is 18.2 Å². The molecule has 2 heterocycles. The smallest absolute Gasteiger partial charge is 0.211 e. The van der Waals surface area contributed by atoms with Gasteiger partial charge in [0.05, 0.1) is 11.1 Å². The van der Waals surface area contributed by atoms with Gasteiger partial charge in [0.25, 0.3) is 0 Å². The molecule has 0 atom stereocenters. The summed E-state index contributed by atoms with van der Waals surface area (Å²) in [5, 5.41) is 19.6. The molecule has 1 aromatic carbocycles. The standard InChI is InChI=1S/C7H4N6/c1-2-4-6-5(3-1)9-13-11-7(6)10-12-8-4/h1-3H,(H,8,9,10,11). The molecule has 1 aliphatic rings. The molecule has 3 rings (SSSR count). The molecule has 1 aliphatic heterocycles. The molecule has 1 aromatic heterocycles. The van der Waals surface area contributed by atoms with Crippen LogP contribution in [0.25, 0.3) is 10.9 Å². The third-order valence-corrected chi connectivity index (χ3v) is 1.87. The van der Waals surface area contributed by atoms with Crippen molar-refractivity contribution in [2.45, 2.75) is 0 Å². The number of hydrogen-bond donors (Lipinski definition) is 1. The Labute approximate surface area is 72.7 Å². The Balaban J connectivity index is 2.56. The van der Waals surface area contributed by atoms with Gasteiger partial charge in [-0.25, -0.2) is 0 Å². The molecule has 0 amide bonds. The molecular weight excluding hydrogens is 168 g/mol. The van der Waals surface area contributed by atoms with Crippen molar-refractivity contribution in [3.05, 3.63) is 18.2 Å². The van der Waals surface area contributed by atoms with Crippen LogP contribution in [0.4, 0.5) is 11.5 Å². The fourth-order valence-corrected chi connectivity index (χ4v) is 1.31. The van der Waals surface area contributed by atoms with Crippen LogP contribution in [0.3, 0.4) is 0 Å². The van der Waals surface area contributed by atoms with Gasteiger partial charge in [-0.3, -0.25) is 5.43 Å². The molecule has 0 spiro atoms.